The number of aryl methyl sites for hydroxylation is 1. The minimum Gasteiger partial charge on any atom is -0.357 e. The summed E-state index contributed by atoms with van der Waals surface area (Å²) < 4.78 is 0. The first-order chi connectivity index (χ1) is 12.7. The predicted molar refractivity (Wildman–Crippen MR) is 110 cm³/mol. The summed E-state index contributed by atoms with van der Waals surface area (Å²) in [6.07, 6.45) is 2.30. The molecule has 1 fully saturated rings. The highest BCUT2D eigenvalue weighted by Crippen LogP contribution is 2.15. The van der Waals surface area contributed by atoms with Crippen LogP contribution in [0.3, 0.4) is 0 Å². The summed E-state index contributed by atoms with van der Waals surface area (Å²) in [7, 11) is 0. The Kier molecular flexibility index (Phi) is 7.03. The molecule has 1 aliphatic rings. The molecular weight excluding hydrogens is 342 g/mol. The van der Waals surface area contributed by atoms with Crippen molar-refractivity contribution in [2.75, 3.05) is 19.6 Å². The van der Waals surface area contributed by atoms with Gasteiger partial charge in [0.1, 0.15) is 0 Å². The first kappa shape index (κ1) is 18.9. The zero-order valence-corrected chi connectivity index (χ0v) is 16.6. The maximum atomic E-state index is 4.75. The Morgan fingerprint density at radius 3 is 2.69 bits per heavy atom. The van der Waals surface area contributed by atoms with Crippen LogP contribution in [0.5, 0.6) is 0 Å². The maximum Gasteiger partial charge on any atom is 0.191 e. The SMILES string of the molecule is CCNC(=NCc1scnc1C)NC1CCN(Cc2ccccc2)CC1. The highest BCUT2D eigenvalue weighted by Gasteiger charge is 2.20. The third-order valence-electron chi connectivity index (χ3n) is 4.75. The van der Waals surface area contributed by atoms with Crippen LogP contribution >= 0.6 is 11.3 Å². The minimum atomic E-state index is 0.488. The molecule has 0 radical (unpaired) electrons. The molecule has 26 heavy (non-hydrogen) atoms. The highest BCUT2D eigenvalue weighted by molar-refractivity contribution is 7.09. The van der Waals surface area contributed by atoms with Gasteiger partial charge in [0.2, 0.25) is 0 Å². The van der Waals surface area contributed by atoms with Crippen LogP contribution in [0.4, 0.5) is 0 Å². The van der Waals surface area contributed by atoms with Crippen molar-refractivity contribution in [3.8, 4) is 0 Å². The quantitative estimate of drug-likeness (QED) is 0.605. The number of aliphatic imine (C=N–C) groups is 1. The molecule has 2 aromatic rings. The van der Waals surface area contributed by atoms with Crippen molar-refractivity contribution in [2.24, 2.45) is 4.99 Å². The van der Waals surface area contributed by atoms with Gasteiger partial charge < -0.3 is 10.6 Å². The molecule has 1 aromatic heterocycles. The van der Waals surface area contributed by atoms with E-state index in [9.17, 15) is 0 Å². The number of hydrogen-bond acceptors (Lipinski definition) is 4. The van der Waals surface area contributed by atoms with Crippen molar-refractivity contribution in [1.82, 2.24) is 20.5 Å². The van der Waals surface area contributed by atoms with Gasteiger partial charge in [0, 0.05) is 37.1 Å². The highest BCUT2D eigenvalue weighted by atomic mass is 32.1. The number of aromatic nitrogens is 1. The number of benzene rings is 1. The van der Waals surface area contributed by atoms with E-state index in [0.29, 0.717) is 12.6 Å². The molecule has 1 saturated heterocycles. The molecular formula is C20H29N5S. The number of guanidine groups is 1. The van der Waals surface area contributed by atoms with E-state index in [1.54, 1.807) is 11.3 Å². The van der Waals surface area contributed by atoms with Gasteiger partial charge in [-0.2, -0.15) is 0 Å². The van der Waals surface area contributed by atoms with Crippen LogP contribution in [0.1, 0.15) is 35.9 Å². The monoisotopic (exact) mass is 371 g/mol. The van der Waals surface area contributed by atoms with E-state index in [2.05, 4.69) is 57.8 Å². The number of piperidine rings is 1. The molecule has 1 aromatic carbocycles. The lowest BCUT2D eigenvalue weighted by Gasteiger charge is -2.33. The second-order valence-electron chi connectivity index (χ2n) is 6.74. The van der Waals surface area contributed by atoms with Gasteiger partial charge in [-0.05, 0) is 32.3 Å². The molecule has 1 aliphatic heterocycles. The summed E-state index contributed by atoms with van der Waals surface area (Å²) in [5.74, 6) is 0.918. The Morgan fingerprint density at radius 1 is 1.27 bits per heavy atom. The molecule has 2 N–H and O–H groups in total. The smallest absolute Gasteiger partial charge is 0.191 e. The van der Waals surface area contributed by atoms with Crippen molar-refractivity contribution in [2.45, 2.75) is 45.8 Å². The number of nitrogens with one attached hydrogen (secondary N) is 2. The van der Waals surface area contributed by atoms with Crippen LogP contribution in [0, 0.1) is 6.92 Å². The lowest BCUT2D eigenvalue weighted by atomic mass is 10.0. The molecule has 2 heterocycles. The van der Waals surface area contributed by atoms with Crippen LogP contribution in [-0.2, 0) is 13.1 Å². The van der Waals surface area contributed by atoms with Gasteiger partial charge in [0.15, 0.2) is 5.96 Å². The fourth-order valence-electron chi connectivity index (χ4n) is 3.22. The third-order valence-corrected chi connectivity index (χ3v) is 5.67. The molecule has 5 nitrogen and oxygen atoms in total. The van der Waals surface area contributed by atoms with Crippen molar-refractivity contribution in [3.63, 3.8) is 0 Å². The van der Waals surface area contributed by atoms with Crippen LogP contribution in [0.15, 0.2) is 40.8 Å². The van der Waals surface area contributed by atoms with Gasteiger partial charge in [0.05, 0.1) is 17.7 Å². The molecule has 3 rings (SSSR count). The molecule has 6 heteroatoms. The van der Waals surface area contributed by atoms with Crippen molar-refractivity contribution in [1.29, 1.82) is 0 Å². The molecule has 0 spiro atoms. The first-order valence-corrected chi connectivity index (χ1v) is 10.3. The summed E-state index contributed by atoms with van der Waals surface area (Å²) in [5.41, 5.74) is 4.38. The van der Waals surface area contributed by atoms with Gasteiger partial charge in [-0.1, -0.05) is 30.3 Å². The number of nitrogens with zero attached hydrogens (tertiary/aromatic N) is 3. The maximum absolute atomic E-state index is 4.75. The van der Waals surface area contributed by atoms with Crippen molar-refractivity contribution >= 4 is 17.3 Å². The van der Waals surface area contributed by atoms with Crippen LogP contribution < -0.4 is 10.6 Å². The van der Waals surface area contributed by atoms with E-state index in [4.69, 9.17) is 4.99 Å². The van der Waals surface area contributed by atoms with E-state index >= 15 is 0 Å². The lowest BCUT2D eigenvalue weighted by Crippen LogP contribution is -2.48. The lowest BCUT2D eigenvalue weighted by molar-refractivity contribution is 0.198. The summed E-state index contributed by atoms with van der Waals surface area (Å²) in [6, 6.07) is 11.2. The zero-order chi connectivity index (χ0) is 18.2. The predicted octanol–water partition coefficient (Wildman–Crippen LogP) is 3.17. The normalized spacial score (nSPS) is 16.6. The van der Waals surface area contributed by atoms with Crippen LogP contribution in [0.2, 0.25) is 0 Å². The summed E-state index contributed by atoms with van der Waals surface area (Å²) in [4.78, 5) is 12.8. The molecule has 0 atom stereocenters. The van der Waals surface area contributed by atoms with E-state index in [-0.39, 0.29) is 0 Å². The van der Waals surface area contributed by atoms with Gasteiger partial charge in [-0.3, -0.25) is 4.90 Å². The molecule has 0 unspecified atom stereocenters. The Balaban J connectivity index is 1.48. The molecule has 0 saturated carbocycles. The van der Waals surface area contributed by atoms with Crippen LogP contribution in [0.25, 0.3) is 0 Å². The Bertz CT molecular complexity index is 689. The number of rotatable bonds is 6. The summed E-state index contributed by atoms with van der Waals surface area (Å²) >= 11 is 1.68. The van der Waals surface area contributed by atoms with Gasteiger partial charge in [0.25, 0.3) is 0 Å². The number of likely N-dealkylation sites (tertiary alicyclic amines) is 1. The fraction of sp³-hybridized carbons (Fsp3) is 0.500. The van der Waals surface area contributed by atoms with E-state index in [1.165, 1.54) is 10.4 Å². The topological polar surface area (TPSA) is 52.6 Å². The third kappa shape index (κ3) is 5.54. The van der Waals surface area contributed by atoms with E-state index in [0.717, 1.165) is 50.7 Å². The van der Waals surface area contributed by atoms with Crippen LogP contribution in [-0.4, -0.2) is 41.5 Å². The van der Waals surface area contributed by atoms with Gasteiger partial charge in [-0.25, -0.2) is 9.98 Å². The Hall–Kier alpha value is -1.92. The van der Waals surface area contributed by atoms with Crippen molar-refractivity contribution in [3.05, 3.63) is 52.0 Å². The van der Waals surface area contributed by atoms with Crippen molar-refractivity contribution < 1.29 is 0 Å². The second kappa shape index (κ2) is 9.69. The molecule has 0 bridgehead atoms. The minimum absolute atomic E-state index is 0.488. The zero-order valence-electron chi connectivity index (χ0n) is 15.7. The number of thiazole rings is 1. The Morgan fingerprint density at radius 2 is 2.04 bits per heavy atom. The average molecular weight is 372 g/mol. The van der Waals surface area contributed by atoms with E-state index in [1.807, 2.05) is 12.4 Å². The average Bonchev–Trinajstić information content (AvgIpc) is 3.07. The second-order valence-corrected chi connectivity index (χ2v) is 7.68. The number of hydrogen-bond donors (Lipinski definition) is 2. The van der Waals surface area contributed by atoms with E-state index < -0.39 is 0 Å². The van der Waals surface area contributed by atoms with Gasteiger partial charge >= 0.3 is 0 Å². The molecule has 0 aliphatic carbocycles. The van der Waals surface area contributed by atoms with Gasteiger partial charge in [-0.15, -0.1) is 11.3 Å². The first-order valence-electron chi connectivity index (χ1n) is 9.44. The fourth-order valence-corrected chi connectivity index (χ4v) is 3.92. The molecule has 0 amide bonds. The standard InChI is InChI=1S/C20H29N5S/c1-3-21-20(22-13-19-16(2)23-15-26-19)24-18-9-11-25(12-10-18)14-17-7-5-4-6-8-17/h4-8,15,18H,3,9-14H2,1-2H3,(H2,21,22,24). The molecule has 140 valence electrons. The Labute approximate surface area is 160 Å². The summed E-state index contributed by atoms with van der Waals surface area (Å²) in [5, 5.41) is 6.99. The largest absolute Gasteiger partial charge is 0.357 e. The summed E-state index contributed by atoms with van der Waals surface area (Å²) in [6.45, 7) is 9.02.